The fourth-order valence-corrected chi connectivity index (χ4v) is 3.23. The molecule has 0 saturated carbocycles. The second-order valence-corrected chi connectivity index (χ2v) is 6.27. The van der Waals surface area contributed by atoms with E-state index < -0.39 is 0 Å². The van der Waals surface area contributed by atoms with Gasteiger partial charge >= 0.3 is 0 Å². The van der Waals surface area contributed by atoms with Crippen molar-refractivity contribution in [1.82, 2.24) is 14.8 Å². The Bertz CT molecular complexity index is 807. The van der Waals surface area contributed by atoms with Crippen molar-refractivity contribution in [1.29, 1.82) is 0 Å². The van der Waals surface area contributed by atoms with Gasteiger partial charge in [0.2, 0.25) is 0 Å². The molecular formula is C18H24N4O2. The Hall–Kier alpha value is -2.34. The van der Waals surface area contributed by atoms with Crippen molar-refractivity contribution in [2.75, 3.05) is 38.5 Å². The van der Waals surface area contributed by atoms with Gasteiger partial charge in [0.1, 0.15) is 0 Å². The van der Waals surface area contributed by atoms with E-state index in [9.17, 15) is 9.59 Å². The fourth-order valence-electron chi connectivity index (χ4n) is 3.23. The fraction of sp³-hybridized carbons (Fsp3) is 0.444. The molecule has 2 aromatic rings. The molecule has 0 unspecified atom stereocenters. The van der Waals surface area contributed by atoms with Gasteiger partial charge in [-0.05, 0) is 44.1 Å². The van der Waals surface area contributed by atoms with Crippen LogP contribution in [0.5, 0.6) is 0 Å². The highest BCUT2D eigenvalue weighted by atomic mass is 16.2. The molecule has 1 fully saturated rings. The Morgan fingerprint density at radius 2 is 1.96 bits per heavy atom. The molecule has 1 aromatic carbocycles. The van der Waals surface area contributed by atoms with Crippen LogP contribution in [-0.2, 0) is 7.05 Å². The number of aryl methyl sites for hydroxylation is 1. The second-order valence-electron chi connectivity index (χ2n) is 6.27. The molecule has 1 aliphatic rings. The first-order valence-electron chi connectivity index (χ1n) is 8.42. The van der Waals surface area contributed by atoms with Crippen molar-refractivity contribution in [3.05, 3.63) is 40.3 Å². The van der Waals surface area contributed by atoms with E-state index in [4.69, 9.17) is 0 Å². The summed E-state index contributed by atoms with van der Waals surface area (Å²) < 4.78 is 1.47. The molecule has 1 saturated heterocycles. The highest BCUT2D eigenvalue weighted by molar-refractivity contribution is 6.07. The molecule has 2 N–H and O–H groups in total. The molecule has 0 bridgehead atoms. The Kier molecular flexibility index (Phi) is 4.85. The minimum atomic E-state index is -0.136. The number of carbonyl (C=O) groups excluding carboxylic acids is 1. The van der Waals surface area contributed by atoms with Crippen molar-refractivity contribution < 1.29 is 4.79 Å². The van der Waals surface area contributed by atoms with Gasteiger partial charge in [0, 0.05) is 49.8 Å². The first kappa shape index (κ1) is 16.5. The van der Waals surface area contributed by atoms with E-state index in [2.05, 4.69) is 15.5 Å². The van der Waals surface area contributed by atoms with E-state index in [0.29, 0.717) is 22.9 Å². The summed E-state index contributed by atoms with van der Waals surface area (Å²) in [6, 6.07) is 5.47. The number of benzene rings is 1. The number of nitrogens with zero attached hydrogens (tertiary/aromatic N) is 2. The van der Waals surface area contributed by atoms with Crippen LogP contribution >= 0.6 is 0 Å². The highest BCUT2D eigenvalue weighted by Crippen LogP contribution is 2.20. The summed E-state index contributed by atoms with van der Waals surface area (Å²) in [7, 11) is 3.49. The number of likely N-dealkylation sites (tertiary alicyclic amines) is 1. The van der Waals surface area contributed by atoms with Gasteiger partial charge in [-0.1, -0.05) is 0 Å². The van der Waals surface area contributed by atoms with Gasteiger partial charge in [0.15, 0.2) is 0 Å². The zero-order valence-corrected chi connectivity index (χ0v) is 14.3. The lowest BCUT2D eigenvalue weighted by Gasteiger charge is -2.15. The third kappa shape index (κ3) is 3.28. The number of amides is 1. The van der Waals surface area contributed by atoms with E-state index >= 15 is 0 Å². The van der Waals surface area contributed by atoms with E-state index in [0.717, 1.165) is 25.3 Å². The van der Waals surface area contributed by atoms with E-state index in [1.165, 1.54) is 17.4 Å². The van der Waals surface area contributed by atoms with Crippen molar-refractivity contribution in [2.45, 2.75) is 12.8 Å². The first-order chi connectivity index (χ1) is 11.6. The predicted molar refractivity (Wildman–Crippen MR) is 96.7 cm³/mol. The van der Waals surface area contributed by atoms with Crippen LogP contribution in [0.15, 0.2) is 29.2 Å². The molecule has 0 spiro atoms. The molecule has 24 heavy (non-hydrogen) atoms. The smallest absolute Gasteiger partial charge is 0.258 e. The number of fused-ring (bicyclic) bond motifs is 1. The average Bonchev–Trinajstić information content (AvgIpc) is 3.11. The molecule has 0 aliphatic carbocycles. The minimum Gasteiger partial charge on any atom is -0.388 e. The van der Waals surface area contributed by atoms with Crippen molar-refractivity contribution in [3.63, 3.8) is 0 Å². The Morgan fingerprint density at radius 3 is 2.67 bits per heavy atom. The van der Waals surface area contributed by atoms with Crippen molar-refractivity contribution in [3.8, 4) is 0 Å². The van der Waals surface area contributed by atoms with E-state index in [-0.39, 0.29) is 11.5 Å². The number of hydrogen-bond acceptors (Lipinski definition) is 4. The van der Waals surface area contributed by atoms with Crippen LogP contribution in [0.4, 0.5) is 5.69 Å². The molecule has 6 heteroatoms. The predicted octanol–water partition coefficient (Wildman–Crippen LogP) is 1.41. The standard InChI is InChI=1S/C18H24N4O2/c1-19-13-5-6-14-15(11-13)16(12-21(2)18(14)24)17(23)20-7-10-22-8-3-4-9-22/h5-6,11-12,19H,3-4,7-10H2,1-2H3,(H,20,23). The van der Waals surface area contributed by atoms with Gasteiger partial charge in [-0.3, -0.25) is 9.59 Å². The first-order valence-corrected chi connectivity index (χ1v) is 8.42. The second kappa shape index (κ2) is 7.05. The van der Waals surface area contributed by atoms with Crippen LogP contribution in [0.3, 0.4) is 0 Å². The van der Waals surface area contributed by atoms with Gasteiger partial charge in [-0.15, -0.1) is 0 Å². The molecule has 1 amide bonds. The number of nitrogens with one attached hydrogen (secondary N) is 2. The van der Waals surface area contributed by atoms with Gasteiger partial charge < -0.3 is 20.1 Å². The molecule has 128 valence electrons. The number of pyridine rings is 1. The summed E-state index contributed by atoms with van der Waals surface area (Å²) in [4.78, 5) is 27.3. The lowest BCUT2D eigenvalue weighted by Crippen LogP contribution is -2.34. The maximum Gasteiger partial charge on any atom is 0.258 e. The quantitative estimate of drug-likeness (QED) is 0.871. The number of aromatic nitrogens is 1. The normalized spacial score (nSPS) is 14.9. The summed E-state index contributed by atoms with van der Waals surface area (Å²) in [5, 5.41) is 7.28. The maximum absolute atomic E-state index is 12.6. The lowest BCUT2D eigenvalue weighted by atomic mass is 10.1. The summed E-state index contributed by atoms with van der Waals surface area (Å²) in [5.41, 5.74) is 1.31. The van der Waals surface area contributed by atoms with Crippen LogP contribution in [0.2, 0.25) is 0 Å². The Labute approximate surface area is 141 Å². The molecule has 3 rings (SSSR count). The van der Waals surface area contributed by atoms with Gasteiger partial charge in [-0.25, -0.2) is 0 Å². The summed E-state index contributed by atoms with van der Waals surface area (Å²) in [6.07, 6.45) is 4.10. The van der Waals surface area contributed by atoms with E-state index in [1.54, 1.807) is 19.3 Å². The van der Waals surface area contributed by atoms with Gasteiger partial charge in [-0.2, -0.15) is 0 Å². The monoisotopic (exact) mass is 328 g/mol. The topological polar surface area (TPSA) is 66.4 Å². The van der Waals surface area contributed by atoms with Gasteiger partial charge in [0.25, 0.3) is 11.5 Å². The summed E-state index contributed by atoms with van der Waals surface area (Å²) in [5.74, 6) is -0.136. The molecule has 6 nitrogen and oxygen atoms in total. The zero-order valence-electron chi connectivity index (χ0n) is 14.3. The van der Waals surface area contributed by atoms with Crippen LogP contribution < -0.4 is 16.2 Å². The number of anilines is 1. The van der Waals surface area contributed by atoms with Crippen LogP contribution in [0.1, 0.15) is 23.2 Å². The lowest BCUT2D eigenvalue weighted by molar-refractivity contribution is 0.0950. The minimum absolute atomic E-state index is 0.0960. The van der Waals surface area contributed by atoms with Crippen LogP contribution in [-0.4, -0.2) is 48.6 Å². The molecule has 2 heterocycles. The number of rotatable bonds is 5. The molecular weight excluding hydrogens is 304 g/mol. The average molecular weight is 328 g/mol. The van der Waals surface area contributed by atoms with Gasteiger partial charge in [0.05, 0.1) is 5.56 Å². The van der Waals surface area contributed by atoms with Crippen molar-refractivity contribution >= 4 is 22.4 Å². The van der Waals surface area contributed by atoms with Crippen LogP contribution in [0.25, 0.3) is 10.8 Å². The van der Waals surface area contributed by atoms with Crippen molar-refractivity contribution in [2.24, 2.45) is 7.05 Å². The largest absolute Gasteiger partial charge is 0.388 e. The van der Waals surface area contributed by atoms with Crippen LogP contribution in [0, 0.1) is 0 Å². The summed E-state index contributed by atoms with van der Waals surface area (Å²) >= 11 is 0. The third-order valence-corrected chi connectivity index (χ3v) is 4.63. The summed E-state index contributed by atoms with van der Waals surface area (Å²) in [6.45, 7) is 3.72. The zero-order chi connectivity index (χ0) is 17.1. The van der Waals surface area contributed by atoms with E-state index in [1.807, 2.05) is 19.2 Å². The Balaban J connectivity index is 1.85. The molecule has 0 radical (unpaired) electrons. The molecule has 1 aliphatic heterocycles. The highest BCUT2D eigenvalue weighted by Gasteiger charge is 2.15. The Morgan fingerprint density at radius 1 is 1.21 bits per heavy atom. The number of carbonyl (C=O) groups is 1. The molecule has 1 aromatic heterocycles. The number of hydrogen-bond donors (Lipinski definition) is 2. The molecule has 0 atom stereocenters. The maximum atomic E-state index is 12.6. The third-order valence-electron chi connectivity index (χ3n) is 4.63. The SMILES string of the molecule is CNc1ccc2c(=O)n(C)cc(C(=O)NCCN3CCCC3)c2c1.